The Balaban J connectivity index is 1.97. The Morgan fingerprint density at radius 3 is 2.48 bits per heavy atom. The lowest BCUT2D eigenvalue weighted by Crippen LogP contribution is -2.63. The summed E-state index contributed by atoms with van der Waals surface area (Å²) in [7, 11) is 0.907. The Hall–Kier alpha value is -2.77. The lowest BCUT2D eigenvalue weighted by Gasteiger charge is -2.45. The zero-order valence-corrected chi connectivity index (χ0v) is 14.4. The standard InChI is InChI=1S/C19H17F3N2O3/c1-11-17(15(25)24(23-11)14-6-4-3-5-7-14)12-8-9-13(10-12)18(17,16(26)27-2)19(20,21)22/h3-9,12-13,23H,1,10H2,2H3/t12-,13-,17+,18+/m0/s1. The zero-order valence-electron chi connectivity index (χ0n) is 14.4. The number of anilines is 1. The third-order valence-electron chi connectivity index (χ3n) is 6.05. The highest BCUT2D eigenvalue weighted by atomic mass is 19.4. The van der Waals surface area contributed by atoms with Crippen molar-refractivity contribution in [3.05, 3.63) is 54.8 Å². The third-order valence-corrected chi connectivity index (χ3v) is 6.05. The predicted molar refractivity (Wildman–Crippen MR) is 89.9 cm³/mol. The van der Waals surface area contributed by atoms with Crippen molar-refractivity contribution >= 4 is 17.6 Å². The molecular formula is C19H17F3N2O3. The highest BCUT2D eigenvalue weighted by molar-refractivity contribution is 6.07. The number of carbonyl (C=O) groups is 2. The van der Waals surface area contributed by atoms with E-state index in [4.69, 9.17) is 0 Å². The average Bonchev–Trinajstić information content (AvgIpc) is 3.29. The van der Waals surface area contributed by atoms with Gasteiger partial charge in [-0.25, -0.2) is 5.01 Å². The smallest absolute Gasteiger partial charge is 0.406 e. The molecule has 1 amide bonds. The number of rotatable bonds is 2. The van der Waals surface area contributed by atoms with Crippen molar-refractivity contribution in [1.82, 2.24) is 5.43 Å². The Morgan fingerprint density at radius 2 is 1.89 bits per heavy atom. The molecule has 1 saturated carbocycles. The van der Waals surface area contributed by atoms with Crippen molar-refractivity contribution in [2.75, 3.05) is 12.1 Å². The number of hydrazine groups is 1. The fraction of sp³-hybridized carbons (Fsp3) is 0.368. The van der Waals surface area contributed by atoms with E-state index in [0.29, 0.717) is 5.69 Å². The minimum atomic E-state index is -5.00. The van der Waals surface area contributed by atoms with Crippen molar-refractivity contribution in [2.24, 2.45) is 22.7 Å². The van der Waals surface area contributed by atoms with Crippen LogP contribution in [0.2, 0.25) is 0 Å². The molecule has 2 aliphatic carbocycles. The molecule has 142 valence electrons. The molecule has 8 heteroatoms. The summed E-state index contributed by atoms with van der Waals surface area (Å²) >= 11 is 0. The Kier molecular flexibility index (Phi) is 3.51. The molecule has 1 aromatic rings. The lowest BCUT2D eigenvalue weighted by atomic mass is 9.55. The second kappa shape index (κ2) is 5.37. The quantitative estimate of drug-likeness (QED) is 0.635. The minimum absolute atomic E-state index is 0.0314. The molecule has 1 N–H and O–H groups in total. The number of para-hydroxylation sites is 1. The molecule has 27 heavy (non-hydrogen) atoms. The maximum atomic E-state index is 14.5. The van der Waals surface area contributed by atoms with Crippen LogP contribution in [0.15, 0.2) is 54.8 Å². The summed E-state index contributed by atoms with van der Waals surface area (Å²) in [6.07, 6.45) is -2.02. The first-order chi connectivity index (χ1) is 12.7. The summed E-state index contributed by atoms with van der Waals surface area (Å²) in [5.41, 5.74) is -2.28. The first kappa shape index (κ1) is 17.6. The molecule has 0 aromatic heterocycles. The van der Waals surface area contributed by atoms with E-state index < -0.39 is 40.7 Å². The summed E-state index contributed by atoms with van der Waals surface area (Å²) in [4.78, 5) is 26.1. The highest BCUT2D eigenvalue weighted by Gasteiger charge is 2.86. The molecule has 5 nitrogen and oxygen atoms in total. The van der Waals surface area contributed by atoms with Crippen LogP contribution in [-0.4, -0.2) is 25.2 Å². The topological polar surface area (TPSA) is 58.6 Å². The number of allylic oxidation sites excluding steroid dienone is 2. The van der Waals surface area contributed by atoms with Crippen LogP contribution in [0.1, 0.15) is 6.42 Å². The number of esters is 1. The van der Waals surface area contributed by atoms with Crippen molar-refractivity contribution < 1.29 is 27.5 Å². The highest BCUT2D eigenvalue weighted by Crippen LogP contribution is 2.73. The molecule has 2 bridgehead atoms. The van der Waals surface area contributed by atoms with Crippen molar-refractivity contribution in [2.45, 2.75) is 12.6 Å². The molecule has 2 fully saturated rings. The second-order valence-corrected chi connectivity index (χ2v) is 7.01. The van der Waals surface area contributed by atoms with Crippen LogP contribution >= 0.6 is 0 Å². The van der Waals surface area contributed by atoms with Gasteiger partial charge in [0.15, 0.2) is 5.41 Å². The van der Waals surface area contributed by atoms with Crippen molar-refractivity contribution in [3.63, 3.8) is 0 Å². The van der Waals surface area contributed by atoms with E-state index >= 15 is 0 Å². The van der Waals surface area contributed by atoms with Crippen molar-refractivity contribution in [3.8, 4) is 0 Å². The molecule has 1 heterocycles. The monoisotopic (exact) mass is 378 g/mol. The normalized spacial score (nSPS) is 34.4. The fourth-order valence-electron chi connectivity index (χ4n) is 5.08. The van der Waals surface area contributed by atoms with Gasteiger partial charge in [-0.2, -0.15) is 13.2 Å². The van der Waals surface area contributed by atoms with E-state index in [9.17, 15) is 22.8 Å². The van der Waals surface area contributed by atoms with E-state index in [-0.39, 0.29) is 12.1 Å². The van der Waals surface area contributed by atoms with Gasteiger partial charge >= 0.3 is 12.1 Å². The Morgan fingerprint density at radius 1 is 1.26 bits per heavy atom. The van der Waals surface area contributed by atoms with E-state index in [1.165, 1.54) is 6.08 Å². The number of halogens is 3. The molecule has 4 atom stereocenters. The number of methoxy groups -OCH3 is 1. The SMILES string of the molecule is C=C1NN(c2ccccc2)C(=O)[C@]12[C@H]1C=C[C@@H](C1)[C@]2(C(=O)OC)C(F)(F)F. The zero-order chi connectivity index (χ0) is 19.6. The Labute approximate surface area is 153 Å². The van der Waals surface area contributed by atoms with Crippen LogP contribution in [0.3, 0.4) is 0 Å². The van der Waals surface area contributed by atoms with Crippen LogP contribution in [0.25, 0.3) is 0 Å². The maximum Gasteiger partial charge on any atom is 0.406 e. The number of nitrogens with one attached hydrogen (secondary N) is 1. The number of carbonyl (C=O) groups excluding carboxylic acids is 2. The molecular weight excluding hydrogens is 361 g/mol. The van der Waals surface area contributed by atoms with Gasteiger partial charge in [0, 0.05) is 11.6 Å². The summed E-state index contributed by atoms with van der Waals surface area (Å²) in [6.45, 7) is 3.74. The van der Waals surface area contributed by atoms with Gasteiger partial charge in [-0.05, 0) is 24.5 Å². The van der Waals surface area contributed by atoms with Crippen LogP contribution in [0, 0.1) is 22.7 Å². The van der Waals surface area contributed by atoms with Gasteiger partial charge in [0.2, 0.25) is 0 Å². The van der Waals surface area contributed by atoms with Crippen LogP contribution in [0.4, 0.5) is 18.9 Å². The molecule has 1 aromatic carbocycles. The molecule has 0 radical (unpaired) electrons. The number of benzene rings is 1. The van der Waals surface area contributed by atoms with Crippen LogP contribution in [0.5, 0.6) is 0 Å². The number of alkyl halides is 3. The summed E-state index contributed by atoms with van der Waals surface area (Å²) in [5.74, 6) is -4.30. The first-order valence-electron chi connectivity index (χ1n) is 8.42. The molecule has 0 unspecified atom stereocenters. The Bertz CT molecular complexity index is 867. The molecule has 1 spiro atoms. The second-order valence-electron chi connectivity index (χ2n) is 7.01. The van der Waals surface area contributed by atoms with Gasteiger partial charge in [-0.1, -0.05) is 36.9 Å². The third kappa shape index (κ3) is 1.80. The number of amides is 1. The molecule has 3 aliphatic rings. The van der Waals surface area contributed by atoms with Crippen molar-refractivity contribution in [1.29, 1.82) is 0 Å². The number of hydrogen-bond donors (Lipinski definition) is 1. The van der Waals surface area contributed by atoms with Gasteiger partial charge in [-0.3, -0.25) is 15.0 Å². The van der Waals surface area contributed by atoms with E-state index in [0.717, 1.165) is 12.1 Å². The first-order valence-corrected chi connectivity index (χ1v) is 8.42. The van der Waals surface area contributed by atoms with E-state index in [1.807, 2.05) is 0 Å². The lowest BCUT2D eigenvalue weighted by molar-refractivity contribution is -0.262. The number of ether oxygens (including phenoxy) is 1. The predicted octanol–water partition coefficient (Wildman–Crippen LogP) is 2.97. The molecule has 1 saturated heterocycles. The van der Waals surface area contributed by atoms with Gasteiger partial charge < -0.3 is 4.74 Å². The minimum Gasteiger partial charge on any atom is -0.468 e. The summed E-state index contributed by atoms with van der Waals surface area (Å²) < 4.78 is 48.1. The van der Waals surface area contributed by atoms with Gasteiger partial charge in [0.1, 0.15) is 5.41 Å². The summed E-state index contributed by atoms with van der Waals surface area (Å²) in [6, 6.07) is 8.23. The number of fused-ring (bicyclic) bond motifs is 3. The van der Waals surface area contributed by atoms with E-state index in [1.54, 1.807) is 36.4 Å². The van der Waals surface area contributed by atoms with E-state index in [2.05, 4.69) is 16.7 Å². The average molecular weight is 378 g/mol. The largest absolute Gasteiger partial charge is 0.468 e. The maximum absolute atomic E-state index is 14.5. The van der Waals surface area contributed by atoms with Crippen LogP contribution in [-0.2, 0) is 14.3 Å². The fourth-order valence-corrected chi connectivity index (χ4v) is 5.08. The number of nitrogens with zero attached hydrogens (tertiary/aromatic N) is 1. The van der Waals surface area contributed by atoms with Gasteiger partial charge in [-0.15, -0.1) is 0 Å². The van der Waals surface area contributed by atoms with Gasteiger partial charge in [0.05, 0.1) is 12.8 Å². The molecule has 4 rings (SSSR count). The molecule has 1 aliphatic heterocycles. The van der Waals surface area contributed by atoms with Crippen LogP contribution < -0.4 is 10.4 Å². The summed E-state index contributed by atoms with van der Waals surface area (Å²) in [5, 5.41) is 1.04. The van der Waals surface area contributed by atoms with Gasteiger partial charge in [0.25, 0.3) is 5.91 Å². The number of hydrogen-bond acceptors (Lipinski definition) is 4.